The molecule has 2 heteroatoms. The number of aromatic nitrogens is 1. The van der Waals surface area contributed by atoms with E-state index in [0.717, 1.165) is 26.1 Å². The van der Waals surface area contributed by atoms with E-state index in [2.05, 4.69) is 29.8 Å². The van der Waals surface area contributed by atoms with Gasteiger partial charge in [0.05, 0.1) is 0 Å². The van der Waals surface area contributed by atoms with Gasteiger partial charge in [-0.3, -0.25) is 4.98 Å². The van der Waals surface area contributed by atoms with Crippen LogP contribution in [0.15, 0.2) is 24.4 Å². The Kier molecular flexibility index (Phi) is 4.47. The van der Waals surface area contributed by atoms with Crippen molar-refractivity contribution in [2.75, 3.05) is 19.6 Å². The Bertz CT molecular complexity index is 217. The quantitative estimate of drug-likeness (QED) is 0.685. The predicted molar refractivity (Wildman–Crippen MR) is 55.7 cm³/mol. The van der Waals surface area contributed by atoms with Crippen molar-refractivity contribution in [2.24, 2.45) is 0 Å². The maximum Gasteiger partial charge on any atom is 0.0416 e. The molecule has 2 nitrogen and oxygen atoms in total. The van der Waals surface area contributed by atoms with E-state index in [1.165, 1.54) is 5.69 Å². The first-order chi connectivity index (χ1) is 6.36. The van der Waals surface area contributed by atoms with Crippen molar-refractivity contribution >= 4 is 0 Å². The van der Waals surface area contributed by atoms with Crippen LogP contribution in [0.5, 0.6) is 0 Å². The monoisotopic (exact) mass is 178 g/mol. The third kappa shape index (κ3) is 3.55. The molecule has 0 amide bonds. The lowest BCUT2D eigenvalue weighted by Crippen LogP contribution is -2.25. The third-order valence-electron chi connectivity index (χ3n) is 2.30. The molecule has 0 N–H and O–H groups in total. The Labute approximate surface area is 80.6 Å². The van der Waals surface area contributed by atoms with E-state index < -0.39 is 0 Å². The van der Waals surface area contributed by atoms with Crippen LogP contribution in [0.1, 0.15) is 19.5 Å². The third-order valence-corrected chi connectivity index (χ3v) is 2.30. The van der Waals surface area contributed by atoms with E-state index in [9.17, 15) is 0 Å². The molecule has 0 aliphatic carbocycles. The first-order valence-electron chi connectivity index (χ1n) is 4.99. The number of likely N-dealkylation sites (N-methyl/N-ethyl adjacent to an activating group) is 1. The van der Waals surface area contributed by atoms with Gasteiger partial charge >= 0.3 is 0 Å². The van der Waals surface area contributed by atoms with Gasteiger partial charge in [-0.15, -0.1) is 0 Å². The number of nitrogens with zero attached hydrogens (tertiary/aromatic N) is 2. The lowest BCUT2D eigenvalue weighted by molar-refractivity contribution is 0.307. The second-order valence-electron chi connectivity index (χ2n) is 3.10. The first kappa shape index (κ1) is 10.2. The van der Waals surface area contributed by atoms with Crippen LogP contribution in [0.25, 0.3) is 0 Å². The normalized spacial score (nSPS) is 10.7. The summed E-state index contributed by atoms with van der Waals surface area (Å²) in [4.78, 5) is 6.70. The van der Waals surface area contributed by atoms with E-state index in [-0.39, 0.29) is 0 Å². The molecule has 72 valence electrons. The molecule has 0 aliphatic rings. The van der Waals surface area contributed by atoms with Crippen molar-refractivity contribution in [3.8, 4) is 0 Å². The smallest absolute Gasteiger partial charge is 0.0416 e. The Morgan fingerprint density at radius 2 is 2.00 bits per heavy atom. The second kappa shape index (κ2) is 5.70. The van der Waals surface area contributed by atoms with Gasteiger partial charge in [0.2, 0.25) is 0 Å². The molecule has 1 heterocycles. The molecular formula is C11H18N2. The summed E-state index contributed by atoms with van der Waals surface area (Å²) in [6.07, 6.45) is 2.92. The number of hydrogen-bond donors (Lipinski definition) is 0. The SMILES string of the molecule is CCN(CC)CCc1ccccn1. The van der Waals surface area contributed by atoms with Crippen LogP contribution in [0.3, 0.4) is 0 Å². The fourth-order valence-corrected chi connectivity index (χ4v) is 1.36. The van der Waals surface area contributed by atoms with Crippen LogP contribution >= 0.6 is 0 Å². The van der Waals surface area contributed by atoms with Crippen LogP contribution in [0, 0.1) is 0 Å². The average Bonchev–Trinajstić information content (AvgIpc) is 2.21. The van der Waals surface area contributed by atoms with Crippen molar-refractivity contribution in [1.82, 2.24) is 9.88 Å². The Morgan fingerprint density at radius 1 is 1.23 bits per heavy atom. The molecule has 13 heavy (non-hydrogen) atoms. The fourth-order valence-electron chi connectivity index (χ4n) is 1.36. The predicted octanol–water partition coefficient (Wildman–Crippen LogP) is 1.97. The van der Waals surface area contributed by atoms with Gasteiger partial charge in [-0.05, 0) is 25.2 Å². The number of rotatable bonds is 5. The van der Waals surface area contributed by atoms with E-state index in [4.69, 9.17) is 0 Å². The zero-order chi connectivity index (χ0) is 9.52. The molecule has 0 saturated heterocycles. The first-order valence-corrected chi connectivity index (χ1v) is 4.99. The molecule has 0 spiro atoms. The summed E-state index contributed by atoms with van der Waals surface area (Å²) >= 11 is 0. The highest BCUT2D eigenvalue weighted by atomic mass is 15.1. The van der Waals surface area contributed by atoms with Crippen molar-refractivity contribution in [2.45, 2.75) is 20.3 Å². The molecular weight excluding hydrogens is 160 g/mol. The van der Waals surface area contributed by atoms with Crippen molar-refractivity contribution in [3.05, 3.63) is 30.1 Å². The van der Waals surface area contributed by atoms with E-state index in [0.29, 0.717) is 0 Å². The van der Waals surface area contributed by atoms with Crippen molar-refractivity contribution in [1.29, 1.82) is 0 Å². The van der Waals surface area contributed by atoms with Crippen LogP contribution in [-0.4, -0.2) is 29.5 Å². The maximum absolute atomic E-state index is 4.29. The highest BCUT2D eigenvalue weighted by molar-refractivity contribution is 5.03. The Hall–Kier alpha value is -0.890. The zero-order valence-electron chi connectivity index (χ0n) is 8.53. The van der Waals surface area contributed by atoms with E-state index >= 15 is 0 Å². The molecule has 1 rings (SSSR count). The average molecular weight is 178 g/mol. The van der Waals surface area contributed by atoms with Gasteiger partial charge in [0.15, 0.2) is 0 Å². The zero-order valence-corrected chi connectivity index (χ0v) is 8.53. The lowest BCUT2D eigenvalue weighted by Gasteiger charge is -2.17. The summed E-state index contributed by atoms with van der Waals surface area (Å²) in [5.41, 5.74) is 1.19. The summed E-state index contributed by atoms with van der Waals surface area (Å²) < 4.78 is 0. The molecule has 1 aromatic rings. The standard InChI is InChI=1S/C11H18N2/c1-3-13(4-2)10-8-11-7-5-6-9-12-11/h5-7,9H,3-4,8,10H2,1-2H3. The molecule has 0 fully saturated rings. The summed E-state index contributed by atoms with van der Waals surface area (Å²) in [6, 6.07) is 6.09. The lowest BCUT2D eigenvalue weighted by atomic mass is 10.2. The summed E-state index contributed by atoms with van der Waals surface area (Å²) in [6.45, 7) is 7.76. The topological polar surface area (TPSA) is 16.1 Å². The summed E-state index contributed by atoms with van der Waals surface area (Å²) in [5, 5.41) is 0. The fraction of sp³-hybridized carbons (Fsp3) is 0.545. The van der Waals surface area contributed by atoms with E-state index in [1.54, 1.807) is 0 Å². The highest BCUT2D eigenvalue weighted by Crippen LogP contribution is 1.97. The maximum atomic E-state index is 4.29. The largest absolute Gasteiger partial charge is 0.303 e. The second-order valence-corrected chi connectivity index (χ2v) is 3.10. The molecule has 0 unspecified atom stereocenters. The van der Waals surface area contributed by atoms with Gasteiger partial charge in [-0.2, -0.15) is 0 Å². The van der Waals surface area contributed by atoms with Crippen LogP contribution < -0.4 is 0 Å². The van der Waals surface area contributed by atoms with Gasteiger partial charge < -0.3 is 4.90 Å². The molecule has 0 radical (unpaired) electrons. The van der Waals surface area contributed by atoms with Crippen molar-refractivity contribution < 1.29 is 0 Å². The van der Waals surface area contributed by atoms with Gasteiger partial charge in [0.1, 0.15) is 0 Å². The van der Waals surface area contributed by atoms with Crippen LogP contribution in [-0.2, 0) is 6.42 Å². The summed E-state index contributed by atoms with van der Waals surface area (Å²) in [7, 11) is 0. The Balaban J connectivity index is 2.34. The van der Waals surface area contributed by atoms with Gasteiger partial charge in [0.25, 0.3) is 0 Å². The minimum Gasteiger partial charge on any atom is -0.303 e. The van der Waals surface area contributed by atoms with Gasteiger partial charge in [0, 0.05) is 24.9 Å². The molecule has 0 atom stereocenters. The number of pyridine rings is 1. The molecule has 1 aromatic heterocycles. The minimum atomic E-state index is 1.06. The highest BCUT2D eigenvalue weighted by Gasteiger charge is 1.99. The Morgan fingerprint density at radius 3 is 2.54 bits per heavy atom. The molecule has 0 aromatic carbocycles. The van der Waals surface area contributed by atoms with Gasteiger partial charge in [-0.25, -0.2) is 0 Å². The molecule has 0 aliphatic heterocycles. The molecule has 0 saturated carbocycles. The molecule has 0 bridgehead atoms. The van der Waals surface area contributed by atoms with Gasteiger partial charge in [-0.1, -0.05) is 19.9 Å². The minimum absolute atomic E-state index is 1.06. The number of hydrogen-bond acceptors (Lipinski definition) is 2. The summed E-state index contributed by atoms with van der Waals surface area (Å²) in [5.74, 6) is 0. The van der Waals surface area contributed by atoms with Crippen molar-refractivity contribution in [3.63, 3.8) is 0 Å². The van der Waals surface area contributed by atoms with Crippen LogP contribution in [0.4, 0.5) is 0 Å². The van der Waals surface area contributed by atoms with Crippen LogP contribution in [0.2, 0.25) is 0 Å². The van der Waals surface area contributed by atoms with E-state index in [1.807, 2.05) is 18.3 Å².